The van der Waals surface area contributed by atoms with Crippen LogP contribution in [0.2, 0.25) is 0 Å². The van der Waals surface area contributed by atoms with Crippen molar-refractivity contribution in [2.24, 2.45) is 5.73 Å². The average molecular weight is 142 g/mol. The highest BCUT2D eigenvalue weighted by molar-refractivity contribution is 5.63. The number of carbonyl (C=O) groups is 1. The number of nitrogens with zero attached hydrogens (tertiary/aromatic N) is 1. The molecular weight excluding hydrogens is 128 g/mol. The van der Waals surface area contributed by atoms with Gasteiger partial charge in [-0.05, 0) is 19.9 Å². The Morgan fingerprint density at radius 2 is 2.00 bits per heavy atom. The number of carbonyl (C=O) groups excluding carboxylic acids is 1. The number of aldehydes is 1. The molecule has 1 fully saturated rings. The lowest BCUT2D eigenvalue weighted by molar-refractivity contribution is -0.113. The molecule has 0 aromatic carbocycles. The van der Waals surface area contributed by atoms with Gasteiger partial charge in [-0.2, -0.15) is 0 Å². The first-order valence-electron chi connectivity index (χ1n) is 3.60. The number of rotatable bonds is 1. The summed E-state index contributed by atoms with van der Waals surface area (Å²) in [5.74, 6) is 0. The highest BCUT2D eigenvalue weighted by Gasteiger charge is 2.28. The van der Waals surface area contributed by atoms with Crippen LogP contribution >= 0.6 is 0 Å². The number of hydrogen-bond donors (Lipinski definition) is 1. The van der Waals surface area contributed by atoms with Gasteiger partial charge >= 0.3 is 0 Å². The first-order chi connectivity index (χ1) is 4.66. The van der Waals surface area contributed by atoms with Crippen molar-refractivity contribution in [2.45, 2.75) is 18.4 Å². The maximum atomic E-state index is 10.4. The molecule has 0 aromatic heterocycles. The van der Waals surface area contributed by atoms with Crippen LogP contribution in [-0.4, -0.2) is 36.9 Å². The molecule has 0 radical (unpaired) electrons. The molecule has 1 aliphatic heterocycles. The van der Waals surface area contributed by atoms with Crippen LogP contribution in [0, 0.1) is 0 Å². The van der Waals surface area contributed by atoms with Gasteiger partial charge in [0.1, 0.15) is 6.29 Å². The molecular formula is C7H14N2O. The molecule has 3 nitrogen and oxygen atoms in total. The summed E-state index contributed by atoms with van der Waals surface area (Å²) >= 11 is 0. The number of likely N-dealkylation sites (tertiary alicyclic amines) is 1. The SMILES string of the molecule is CN1CCC(N)(C=O)CC1. The number of piperidine rings is 1. The minimum Gasteiger partial charge on any atom is -0.319 e. The number of hydrogen-bond acceptors (Lipinski definition) is 3. The smallest absolute Gasteiger partial charge is 0.139 e. The molecule has 0 aliphatic carbocycles. The third-order valence-corrected chi connectivity index (χ3v) is 2.15. The summed E-state index contributed by atoms with van der Waals surface area (Å²) in [6.45, 7) is 1.88. The molecule has 0 atom stereocenters. The van der Waals surface area contributed by atoms with Crippen molar-refractivity contribution in [2.75, 3.05) is 20.1 Å². The van der Waals surface area contributed by atoms with Crippen LogP contribution in [0.4, 0.5) is 0 Å². The Morgan fingerprint density at radius 3 is 2.40 bits per heavy atom. The molecule has 10 heavy (non-hydrogen) atoms. The van der Waals surface area contributed by atoms with E-state index in [1.165, 1.54) is 0 Å². The van der Waals surface area contributed by atoms with Crippen molar-refractivity contribution >= 4 is 6.29 Å². The summed E-state index contributed by atoms with van der Waals surface area (Å²) < 4.78 is 0. The zero-order valence-corrected chi connectivity index (χ0v) is 6.34. The first kappa shape index (κ1) is 7.69. The summed E-state index contributed by atoms with van der Waals surface area (Å²) in [4.78, 5) is 12.6. The van der Waals surface area contributed by atoms with Gasteiger partial charge in [0.2, 0.25) is 0 Å². The molecule has 1 saturated heterocycles. The molecule has 0 bridgehead atoms. The zero-order valence-electron chi connectivity index (χ0n) is 6.34. The maximum Gasteiger partial charge on any atom is 0.139 e. The lowest BCUT2D eigenvalue weighted by atomic mass is 9.91. The van der Waals surface area contributed by atoms with Crippen LogP contribution in [0.25, 0.3) is 0 Å². The van der Waals surface area contributed by atoms with Crippen LogP contribution in [-0.2, 0) is 4.79 Å². The molecule has 0 unspecified atom stereocenters. The molecule has 0 spiro atoms. The van der Waals surface area contributed by atoms with E-state index in [4.69, 9.17) is 5.73 Å². The van der Waals surface area contributed by atoms with Gasteiger partial charge in [-0.3, -0.25) is 0 Å². The van der Waals surface area contributed by atoms with Crippen LogP contribution < -0.4 is 5.73 Å². The number of nitrogens with two attached hydrogens (primary N) is 1. The van der Waals surface area contributed by atoms with Crippen molar-refractivity contribution in [1.29, 1.82) is 0 Å². The topological polar surface area (TPSA) is 46.3 Å². The molecule has 0 saturated carbocycles. The van der Waals surface area contributed by atoms with Gasteiger partial charge in [0.05, 0.1) is 5.54 Å². The van der Waals surface area contributed by atoms with E-state index in [0.717, 1.165) is 32.2 Å². The summed E-state index contributed by atoms with van der Waals surface area (Å²) in [5, 5.41) is 0. The average Bonchev–Trinajstić information content (AvgIpc) is 1.96. The second-order valence-electron chi connectivity index (χ2n) is 3.15. The Bertz CT molecular complexity index is 128. The van der Waals surface area contributed by atoms with Crippen molar-refractivity contribution in [3.8, 4) is 0 Å². The fourth-order valence-electron chi connectivity index (χ4n) is 1.15. The quantitative estimate of drug-likeness (QED) is 0.507. The molecule has 58 valence electrons. The van der Waals surface area contributed by atoms with Gasteiger partial charge in [0.15, 0.2) is 0 Å². The minimum atomic E-state index is -0.521. The van der Waals surface area contributed by atoms with Crippen LogP contribution in [0.5, 0.6) is 0 Å². The van der Waals surface area contributed by atoms with E-state index in [2.05, 4.69) is 4.90 Å². The fraction of sp³-hybridized carbons (Fsp3) is 0.857. The van der Waals surface area contributed by atoms with Crippen molar-refractivity contribution in [3.05, 3.63) is 0 Å². The van der Waals surface area contributed by atoms with E-state index >= 15 is 0 Å². The third-order valence-electron chi connectivity index (χ3n) is 2.15. The Balaban J connectivity index is 2.46. The van der Waals surface area contributed by atoms with E-state index < -0.39 is 5.54 Å². The van der Waals surface area contributed by atoms with E-state index in [0.29, 0.717) is 0 Å². The monoisotopic (exact) mass is 142 g/mol. The van der Waals surface area contributed by atoms with Gasteiger partial charge in [-0.15, -0.1) is 0 Å². The van der Waals surface area contributed by atoms with Crippen LogP contribution in [0.1, 0.15) is 12.8 Å². The first-order valence-corrected chi connectivity index (χ1v) is 3.60. The van der Waals surface area contributed by atoms with Crippen LogP contribution in [0.3, 0.4) is 0 Å². The molecule has 1 aliphatic rings. The lowest BCUT2D eigenvalue weighted by Crippen LogP contribution is -2.50. The van der Waals surface area contributed by atoms with Gasteiger partial charge in [-0.25, -0.2) is 0 Å². The Morgan fingerprint density at radius 1 is 1.50 bits per heavy atom. The second-order valence-corrected chi connectivity index (χ2v) is 3.15. The van der Waals surface area contributed by atoms with Crippen molar-refractivity contribution in [1.82, 2.24) is 4.90 Å². The highest BCUT2D eigenvalue weighted by atomic mass is 16.1. The Hall–Kier alpha value is -0.410. The Kier molecular flexibility index (Phi) is 2.06. The van der Waals surface area contributed by atoms with E-state index in [-0.39, 0.29) is 0 Å². The summed E-state index contributed by atoms with van der Waals surface area (Å²) in [6.07, 6.45) is 2.49. The lowest BCUT2D eigenvalue weighted by Gasteiger charge is -2.33. The standard InChI is InChI=1S/C7H14N2O/c1-9-4-2-7(8,6-10)3-5-9/h6H,2-5,8H2,1H3. The molecule has 0 amide bonds. The predicted octanol–water partition coefficient (Wildman–Crippen LogP) is -0.392. The Labute approximate surface area is 61.2 Å². The largest absolute Gasteiger partial charge is 0.319 e. The maximum absolute atomic E-state index is 10.4. The van der Waals surface area contributed by atoms with Gasteiger partial charge in [-0.1, -0.05) is 0 Å². The second kappa shape index (κ2) is 2.68. The van der Waals surface area contributed by atoms with Gasteiger partial charge < -0.3 is 15.4 Å². The summed E-state index contributed by atoms with van der Waals surface area (Å²) in [7, 11) is 2.05. The molecule has 1 heterocycles. The van der Waals surface area contributed by atoms with E-state index in [1.54, 1.807) is 0 Å². The van der Waals surface area contributed by atoms with Crippen LogP contribution in [0.15, 0.2) is 0 Å². The molecule has 3 heteroatoms. The summed E-state index contributed by atoms with van der Waals surface area (Å²) in [6, 6.07) is 0. The predicted molar refractivity (Wildman–Crippen MR) is 39.7 cm³/mol. The normalized spacial score (nSPS) is 26.2. The molecule has 1 rings (SSSR count). The minimum absolute atomic E-state index is 0.521. The van der Waals surface area contributed by atoms with E-state index in [9.17, 15) is 4.79 Å². The van der Waals surface area contributed by atoms with Gasteiger partial charge in [0, 0.05) is 13.1 Å². The highest BCUT2D eigenvalue weighted by Crippen LogP contribution is 2.15. The van der Waals surface area contributed by atoms with Crippen molar-refractivity contribution < 1.29 is 4.79 Å². The van der Waals surface area contributed by atoms with E-state index in [1.807, 2.05) is 7.05 Å². The summed E-state index contributed by atoms with van der Waals surface area (Å²) in [5.41, 5.74) is 5.20. The van der Waals surface area contributed by atoms with Crippen molar-refractivity contribution in [3.63, 3.8) is 0 Å². The molecule has 0 aromatic rings. The zero-order chi connectivity index (χ0) is 7.61. The van der Waals surface area contributed by atoms with Gasteiger partial charge in [0.25, 0.3) is 0 Å². The fourth-order valence-corrected chi connectivity index (χ4v) is 1.15. The molecule has 2 N–H and O–H groups in total. The third kappa shape index (κ3) is 1.55.